The topological polar surface area (TPSA) is 89.2 Å². The van der Waals surface area contributed by atoms with E-state index in [4.69, 9.17) is 0 Å². The summed E-state index contributed by atoms with van der Waals surface area (Å²) in [6, 6.07) is 14.9. The minimum atomic E-state index is 0.0139. The maximum atomic E-state index is 9.31. The fraction of sp³-hybridized carbons (Fsp3) is 0.125. The Kier molecular flexibility index (Phi) is 5.24. The molecule has 4 N–H and O–H groups in total. The molecule has 0 fully saturated rings. The SMILES string of the molecule is Cc1ccccc1N=C(NO)C(=Nc1ccccc1C)NO. The lowest BCUT2D eigenvalue weighted by Crippen LogP contribution is -2.37. The Hall–Kier alpha value is -2.70. The van der Waals surface area contributed by atoms with Gasteiger partial charge in [-0.05, 0) is 37.1 Å². The first-order chi connectivity index (χ1) is 10.7. The van der Waals surface area contributed by atoms with E-state index in [0.717, 1.165) is 11.1 Å². The molecule has 0 heterocycles. The van der Waals surface area contributed by atoms with Crippen molar-refractivity contribution in [2.75, 3.05) is 0 Å². The maximum absolute atomic E-state index is 9.31. The molecular weight excluding hydrogens is 280 g/mol. The van der Waals surface area contributed by atoms with Crippen LogP contribution in [0.3, 0.4) is 0 Å². The molecule has 0 aliphatic carbocycles. The van der Waals surface area contributed by atoms with Crippen LogP contribution in [0.15, 0.2) is 58.5 Å². The lowest BCUT2D eigenvalue weighted by Gasteiger charge is -2.09. The van der Waals surface area contributed by atoms with Crippen molar-refractivity contribution in [3.05, 3.63) is 59.7 Å². The Labute approximate surface area is 128 Å². The highest BCUT2D eigenvalue weighted by atomic mass is 16.5. The third kappa shape index (κ3) is 3.69. The number of aliphatic imine (C=N–C) groups is 2. The fourth-order valence-electron chi connectivity index (χ4n) is 1.88. The number of aryl methyl sites for hydroxylation is 2. The van der Waals surface area contributed by atoms with Gasteiger partial charge in [0.05, 0.1) is 11.4 Å². The highest BCUT2D eigenvalue weighted by Gasteiger charge is 2.10. The number of rotatable bonds is 2. The minimum Gasteiger partial charge on any atom is -0.290 e. The number of nitrogens with one attached hydrogen (secondary N) is 2. The molecule has 6 nitrogen and oxygen atoms in total. The van der Waals surface area contributed by atoms with Crippen LogP contribution in [0.25, 0.3) is 0 Å². The quantitative estimate of drug-likeness (QED) is 0.390. The first-order valence-corrected chi connectivity index (χ1v) is 6.75. The smallest absolute Gasteiger partial charge is 0.195 e. The van der Waals surface area contributed by atoms with Crippen molar-refractivity contribution in [3.63, 3.8) is 0 Å². The first kappa shape index (κ1) is 15.7. The van der Waals surface area contributed by atoms with Crippen molar-refractivity contribution < 1.29 is 10.4 Å². The minimum absolute atomic E-state index is 0.0139. The van der Waals surface area contributed by atoms with E-state index in [1.807, 2.05) is 61.2 Å². The van der Waals surface area contributed by atoms with Gasteiger partial charge in [0.15, 0.2) is 11.7 Å². The summed E-state index contributed by atoms with van der Waals surface area (Å²) >= 11 is 0. The van der Waals surface area contributed by atoms with E-state index >= 15 is 0 Å². The van der Waals surface area contributed by atoms with Gasteiger partial charge in [-0.15, -0.1) is 0 Å². The lowest BCUT2D eigenvalue weighted by atomic mass is 10.2. The van der Waals surface area contributed by atoms with E-state index < -0.39 is 0 Å². The Balaban J connectivity index is 2.44. The van der Waals surface area contributed by atoms with Gasteiger partial charge in [-0.3, -0.25) is 10.4 Å². The van der Waals surface area contributed by atoms with Crippen LogP contribution >= 0.6 is 0 Å². The van der Waals surface area contributed by atoms with Gasteiger partial charge >= 0.3 is 0 Å². The van der Waals surface area contributed by atoms with Gasteiger partial charge in [0.25, 0.3) is 0 Å². The van der Waals surface area contributed by atoms with E-state index in [0.29, 0.717) is 11.4 Å². The number of benzene rings is 2. The van der Waals surface area contributed by atoms with Gasteiger partial charge in [0.1, 0.15) is 0 Å². The number of hydroxylamine groups is 2. The maximum Gasteiger partial charge on any atom is 0.195 e. The summed E-state index contributed by atoms with van der Waals surface area (Å²) in [5.74, 6) is 0.0279. The molecule has 0 atom stereocenters. The second kappa shape index (κ2) is 7.35. The Morgan fingerprint density at radius 2 is 1.09 bits per heavy atom. The average molecular weight is 298 g/mol. The second-order valence-corrected chi connectivity index (χ2v) is 4.72. The predicted molar refractivity (Wildman–Crippen MR) is 86.4 cm³/mol. The van der Waals surface area contributed by atoms with E-state index in [1.165, 1.54) is 0 Å². The third-order valence-electron chi connectivity index (χ3n) is 3.13. The van der Waals surface area contributed by atoms with Crippen molar-refractivity contribution >= 4 is 23.0 Å². The summed E-state index contributed by atoms with van der Waals surface area (Å²) in [5, 5.41) is 18.6. The molecule has 0 unspecified atom stereocenters. The molecule has 0 spiro atoms. The van der Waals surface area contributed by atoms with Gasteiger partial charge in [-0.25, -0.2) is 20.9 Å². The van der Waals surface area contributed by atoms with E-state index in [-0.39, 0.29) is 11.7 Å². The molecule has 0 radical (unpaired) electrons. The zero-order valence-corrected chi connectivity index (χ0v) is 12.4. The standard InChI is InChI=1S/C16H18N4O2/c1-11-7-3-5-9-13(11)17-15(19-21)16(20-22)18-14-10-6-4-8-12(14)2/h3-10,21-22H,1-2H3,(H,17,19)(H,18,20). The molecule has 114 valence electrons. The molecule has 0 saturated heterocycles. The molecule has 6 heteroatoms. The second-order valence-electron chi connectivity index (χ2n) is 4.72. The molecule has 0 amide bonds. The summed E-state index contributed by atoms with van der Waals surface area (Å²) in [7, 11) is 0. The molecular formula is C16H18N4O2. The monoisotopic (exact) mass is 298 g/mol. The molecule has 0 aliphatic rings. The predicted octanol–water partition coefficient (Wildman–Crippen LogP) is 3.02. The summed E-state index contributed by atoms with van der Waals surface area (Å²) < 4.78 is 0. The third-order valence-corrected chi connectivity index (χ3v) is 3.13. The molecule has 2 aromatic carbocycles. The van der Waals surface area contributed by atoms with Gasteiger partial charge in [-0.1, -0.05) is 36.4 Å². The highest BCUT2D eigenvalue weighted by Crippen LogP contribution is 2.19. The van der Waals surface area contributed by atoms with Gasteiger partial charge in [0, 0.05) is 0 Å². The van der Waals surface area contributed by atoms with Gasteiger partial charge in [-0.2, -0.15) is 0 Å². The van der Waals surface area contributed by atoms with E-state index in [1.54, 1.807) is 12.1 Å². The summed E-state index contributed by atoms with van der Waals surface area (Å²) in [6.07, 6.45) is 0. The van der Waals surface area contributed by atoms with Crippen LogP contribution in [-0.2, 0) is 0 Å². The van der Waals surface area contributed by atoms with Crippen LogP contribution < -0.4 is 11.0 Å². The summed E-state index contributed by atoms with van der Waals surface area (Å²) in [5.41, 5.74) is 7.12. The van der Waals surface area contributed by atoms with Crippen LogP contribution in [0.1, 0.15) is 11.1 Å². The molecule has 0 aliphatic heterocycles. The molecule has 22 heavy (non-hydrogen) atoms. The van der Waals surface area contributed by atoms with Crippen LogP contribution in [0.2, 0.25) is 0 Å². The highest BCUT2D eigenvalue weighted by molar-refractivity contribution is 6.40. The number of amidine groups is 2. The summed E-state index contributed by atoms with van der Waals surface area (Å²) in [4.78, 5) is 8.55. The largest absolute Gasteiger partial charge is 0.290 e. The zero-order chi connectivity index (χ0) is 15.9. The van der Waals surface area contributed by atoms with Crippen molar-refractivity contribution in [1.82, 2.24) is 11.0 Å². The Bertz CT molecular complexity index is 649. The fourth-order valence-corrected chi connectivity index (χ4v) is 1.88. The summed E-state index contributed by atoms with van der Waals surface area (Å²) in [6.45, 7) is 3.80. The van der Waals surface area contributed by atoms with Crippen LogP contribution in [0, 0.1) is 13.8 Å². The van der Waals surface area contributed by atoms with Crippen molar-refractivity contribution in [2.24, 2.45) is 9.98 Å². The van der Waals surface area contributed by atoms with Crippen LogP contribution in [-0.4, -0.2) is 22.1 Å². The molecule has 0 aromatic heterocycles. The lowest BCUT2D eigenvalue weighted by molar-refractivity contribution is 0.223. The number of nitrogens with zero attached hydrogens (tertiary/aromatic N) is 2. The normalized spacial score (nSPS) is 12.2. The van der Waals surface area contributed by atoms with Crippen molar-refractivity contribution in [2.45, 2.75) is 13.8 Å². The van der Waals surface area contributed by atoms with Crippen LogP contribution in [0.5, 0.6) is 0 Å². The van der Waals surface area contributed by atoms with E-state index in [9.17, 15) is 10.4 Å². The van der Waals surface area contributed by atoms with Crippen molar-refractivity contribution in [1.29, 1.82) is 0 Å². The van der Waals surface area contributed by atoms with Crippen molar-refractivity contribution in [3.8, 4) is 0 Å². The van der Waals surface area contributed by atoms with Gasteiger partial charge in [0.2, 0.25) is 0 Å². The molecule has 0 bridgehead atoms. The molecule has 0 saturated carbocycles. The molecule has 2 rings (SSSR count). The average Bonchev–Trinajstić information content (AvgIpc) is 2.54. The number of para-hydroxylation sites is 2. The Morgan fingerprint density at radius 1 is 0.727 bits per heavy atom. The Morgan fingerprint density at radius 3 is 1.41 bits per heavy atom. The number of hydrogen-bond acceptors (Lipinski definition) is 4. The van der Waals surface area contributed by atoms with Crippen LogP contribution in [0.4, 0.5) is 11.4 Å². The number of hydrogen-bond donors (Lipinski definition) is 4. The zero-order valence-electron chi connectivity index (χ0n) is 12.4. The molecule has 2 aromatic rings. The van der Waals surface area contributed by atoms with E-state index in [2.05, 4.69) is 9.98 Å². The first-order valence-electron chi connectivity index (χ1n) is 6.75. The van der Waals surface area contributed by atoms with Gasteiger partial charge < -0.3 is 0 Å².